The van der Waals surface area contributed by atoms with Crippen LogP contribution >= 0.6 is 0 Å². The summed E-state index contributed by atoms with van der Waals surface area (Å²) in [6.07, 6.45) is 3.00. The molecule has 0 bridgehead atoms. The molecule has 2 heteroatoms. The van der Waals surface area contributed by atoms with Crippen LogP contribution in [0.1, 0.15) is 6.42 Å². The molecule has 0 aromatic heterocycles. The average molecular weight is 114 g/mol. The van der Waals surface area contributed by atoms with Crippen LogP contribution in [-0.4, -0.2) is 23.9 Å². The van der Waals surface area contributed by atoms with Crippen LogP contribution in [0.3, 0.4) is 0 Å². The minimum absolute atomic E-state index is 0.217. The largest absolute Gasteiger partial charge is 0.396 e. The average Bonchev–Trinajstić information content (AvgIpc) is 2.48. The molecule has 0 aromatic carbocycles. The third-order valence-corrected chi connectivity index (χ3v) is 1.27. The van der Waals surface area contributed by atoms with Gasteiger partial charge >= 0.3 is 0 Å². The van der Waals surface area contributed by atoms with E-state index in [1.807, 2.05) is 0 Å². The van der Waals surface area contributed by atoms with Crippen LogP contribution in [0.25, 0.3) is 0 Å². The van der Waals surface area contributed by atoms with Crippen LogP contribution in [0.5, 0.6) is 0 Å². The molecule has 1 heterocycles. The molecule has 0 radical (unpaired) electrons. The minimum Gasteiger partial charge on any atom is -0.396 e. The molecule has 1 N–H and O–H groups in total. The number of epoxide rings is 1. The van der Waals surface area contributed by atoms with Gasteiger partial charge in [0.1, 0.15) is 6.10 Å². The first-order chi connectivity index (χ1) is 3.88. The Kier molecular flexibility index (Phi) is 1.65. The Balaban J connectivity index is 2.07. The van der Waals surface area contributed by atoms with Crippen molar-refractivity contribution in [1.29, 1.82) is 0 Å². The van der Waals surface area contributed by atoms with Gasteiger partial charge in [0.05, 0.1) is 6.10 Å². The van der Waals surface area contributed by atoms with Crippen molar-refractivity contribution in [3.63, 3.8) is 0 Å². The summed E-state index contributed by atoms with van der Waals surface area (Å²) in [5.41, 5.74) is 0. The van der Waals surface area contributed by atoms with Gasteiger partial charge in [-0.1, -0.05) is 6.08 Å². The lowest BCUT2D eigenvalue weighted by Crippen LogP contribution is -1.93. The molecule has 1 aliphatic heterocycles. The van der Waals surface area contributed by atoms with E-state index in [-0.39, 0.29) is 18.8 Å². The number of rotatable bonds is 3. The summed E-state index contributed by atoms with van der Waals surface area (Å²) in [4.78, 5) is 0. The van der Waals surface area contributed by atoms with Crippen molar-refractivity contribution in [2.75, 3.05) is 6.61 Å². The molecular weight excluding hydrogens is 104 g/mol. The zero-order chi connectivity index (χ0) is 5.98. The van der Waals surface area contributed by atoms with Crippen molar-refractivity contribution in [3.8, 4) is 0 Å². The molecule has 0 aliphatic carbocycles. The molecule has 1 saturated heterocycles. The highest BCUT2D eigenvalue weighted by molar-refractivity contribution is 4.97. The van der Waals surface area contributed by atoms with Crippen LogP contribution < -0.4 is 0 Å². The maximum Gasteiger partial charge on any atom is 0.102 e. The third kappa shape index (κ3) is 1.08. The molecule has 2 atom stereocenters. The van der Waals surface area contributed by atoms with Crippen molar-refractivity contribution in [1.82, 2.24) is 0 Å². The second kappa shape index (κ2) is 2.29. The maximum atomic E-state index is 8.38. The van der Waals surface area contributed by atoms with Crippen LogP contribution in [-0.2, 0) is 4.74 Å². The van der Waals surface area contributed by atoms with Gasteiger partial charge in [0.15, 0.2) is 0 Å². The van der Waals surface area contributed by atoms with E-state index in [1.54, 1.807) is 6.08 Å². The van der Waals surface area contributed by atoms with Crippen molar-refractivity contribution < 1.29 is 9.84 Å². The fourth-order valence-electron chi connectivity index (χ4n) is 0.723. The highest BCUT2D eigenvalue weighted by atomic mass is 16.6. The van der Waals surface area contributed by atoms with E-state index >= 15 is 0 Å². The van der Waals surface area contributed by atoms with Gasteiger partial charge in [0.25, 0.3) is 0 Å². The lowest BCUT2D eigenvalue weighted by molar-refractivity contribution is 0.263. The molecule has 1 fully saturated rings. The molecule has 0 spiro atoms. The molecule has 1 rings (SSSR count). The number of aliphatic hydroxyl groups excluding tert-OH is 1. The van der Waals surface area contributed by atoms with Crippen molar-refractivity contribution in [2.24, 2.45) is 0 Å². The van der Waals surface area contributed by atoms with E-state index in [0.29, 0.717) is 0 Å². The van der Waals surface area contributed by atoms with Crippen LogP contribution in [0, 0.1) is 0 Å². The second-order valence-electron chi connectivity index (χ2n) is 1.89. The quantitative estimate of drug-likeness (QED) is 0.423. The van der Waals surface area contributed by atoms with E-state index in [4.69, 9.17) is 9.84 Å². The SMILES string of the molecule is C=CC1OC1CCO. The first-order valence-corrected chi connectivity index (χ1v) is 2.77. The van der Waals surface area contributed by atoms with E-state index in [2.05, 4.69) is 6.58 Å². The topological polar surface area (TPSA) is 32.8 Å². The molecule has 0 aromatic rings. The van der Waals surface area contributed by atoms with E-state index in [0.717, 1.165) is 6.42 Å². The lowest BCUT2D eigenvalue weighted by Gasteiger charge is -1.82. The second-order valence-corrected chi connectivity index (χ2v) is 1.89. The first kappa shape index (κ1) is 5.79. The smallest absolute Gasteiger partial charge is 0.102 e. The van der Waals surface area contributed by atoms with Crippen LogP contribution in [0.2, 0.25) is 0 Å². The standard InChI is InChI=1S/C6H10O2/c1-2-5-6(8-5)3-4-7/h2,5-7H,1,3-4H2. The van der Waals surface area contributed by atoms with Gasteiger partial charge in [-0.05, 0) is 6.42 Å². The number of ether oxygens (including phenoxy) is 1. The summed E-state index contributed by atoms with van der Waals surface area (Å²) < 4.78 is 5.03. The van der Waals surface area contributed by atoms with Gasteiger partial charge in [0.2, 0.25) is 0 Å². The Morgan fingerprint density at radius 3 is 2.88 bits per heavy atom. The Labute approximate surface area is 48.8 Å². The minimum atomic E-state index is 0.217. The van der Waals surface area contributed by atoms with Crippen molar-refractivity contribution in [3.05, 3.63) is 12.7 Å². The zero-order valence-corrected chi connectivity index (χ0v) is 4.71. The fraction of sp³-hybridized carbons (Fsp3) is 0.667. The fourth-order valence-corrected chi connectivity index (χ4v) is 0.723. The molecule has 2 nitrogen and oxygen atoms in total. The van der Waals surface area contributed by atoms with Crippen LogP contribution in [0.15, 0.2) is 12.7 Å². The normalized spacial score (nSPS) is 34.6. The lowest BCUT2D eigenvalue weighted by atomic mass is 10.2. The highest BCUT2D eigenvalue weighted by Gasteiger charge is 2.34. The van der Waals surface area contributed by atoms with Gasteiger partial charge in [-0.3, -0.25) is 0 Å². The highest BCUT2D eigenvalue weighted by Crippen LogP contribution is 2.24. The van der Waals surface area contributed by atoms with Gasteiger partial charge in [0, 0.05) is 6.61 Å². The van der Waals surface area contributed by atoms with Gasteiger partial charge in [-0.2, -0.15) is 0 Å². The third-order valence-electron chi connectivity index (χ3n) is 1.27. The van der Waals surface area contributed by atoms with Gasteiger partial charge < -0.3 is 9.84 Å². The van der Waals surface area contributed by atoms with Crippen molar-refractivity contribution in [2.45, 2.75) is 18.6 Å². The molecule has 8 heavy (non-hydrogen) atoms. The number of hydrogen-bond donors (Lipinski definition) is 1. The molecular formula is C6H10O2. The Morgan fingerprint density at radius 2 is 2.50 bits per heavy atom. The molecule has 0 amide bonds. The summed E-state index contributed by atoms with van der Waals surface area (Å²) >= 11 is 0. The Bertz CT molecular complexity index is 90.5. The molecule has 46 valence electrons. The first-order valence-electron chi connectivity index (χ1n) is 2.77. The summed E-state index contributed by atoms with van der Waals surface area (Å²) in [6.45, 7) is 3.77. The number of aliphatic hydroxyl groups is 1. The van der Waals surface area contributed by atoms with Crippen molar-refractivity contribution >= 4 is 0 Å². The summed E-state index contributed by atoms with van der Waals surface area (Å²) in [7, 11) is 0. The summed E-state index contributed by atoms with van der Waals surface area (Å²) in [5.74, 6) is 0. The van der Waals surface area contributed by atoms with E-state index in [1.165, 1.54) is 0 Å². The van der Waals surface area contributed by atoms with Crippen LogP contribution in [0.4, 0.5) is 0 Å². The predicted molar refractivity (Wildman–Crippen MR) is 30.6 cm³/mol. The number of hydrogen-bond acceptors (Lipinski definition) is 2. The van der Waals surface area contributed by atoms with Gasteiger partial charge in [-0.15, -0.1) is 6.58 Å². The predicted octanol–water partition coefficient (Wildman–Crippen LogP) is 0.322. The summed E-state index contributed by atoms with van der Waals surface area (Å²) in [5, 5.41) is 8.38. The molecule has 2 unspecified atom stereocenters. The zero-order valence-electron chi connectivity index (χ0n) is 4.71. The maximum absolute atomic E-state index is 8.38. The van der Waals surface area contributed by atoms with E-state index in [9.17, 15) is 0 Å². The molecule has 0 saturated carbocycles. The molecule has 1 aliphatic rings. The Morgan fingerprint density at radius 1 is 1.75 bits per heavy atom. The Hall–Kier alpha value is -0.340. The van der Waals surface area contributed by atoms with Gasteiger partial charge in [-0.25, -0.2) is 0 Å². The van der Waals surface area contributed by atoms with E-state index < -0.39 is 0 Å². The summed E-state index contributed by atoms with van der Waals surface area (Å²) in [6, 6.07) is 0. The monoisotopic (exact) mass is 114 g/mol.